The second-order valence-corrected chi connectivity index (χ2v) is 5.60. The predicted molar refractivity (Wildman–Crippen MR) is 55.3 cm³/mol. The summed E-state index contributed by atoms with van der Waals surface area (Å²) < 4.78 is 224. The molecule has 0 heterocycles. The molecule has 0 bridgehead atoms. The Morgan fingerprint density at radius 1 is 0.600 bits per heavy atom. The fraction of sp³-hybridized carbons (Fsp3) is 0.727. The number of hydrogen-bond acceptors (Lipinski definition) is 1. The molecule has 1 N–H and O–H groups in total. The van der Waals surface area contributed by atoms with E-state index in [9.17, 15) is 79.4 Å². The molecule has 30 heavy (non-hydrogen) atoms. The minimum atomic E-state index is -8.53. The minimum Gasteiger partial charge on any atom is -0.478 e. The highest BCUT2D eigenvalue weighted by molar-refractivity contribution is 5.89. The van der Waals surface area contributed by atoms with Gasteiger partial charge < -0.3 is 5.11 Å². The highest BCUT2D eigenvalue weighted by Gasteiger charge is 3.05. The lowest BCUT2D eigenvalue weighted by molar-refractivity contribution is -0.503. The lowest BCUT2D eigenvalue weighted by atomic mass is 9.68. The summed E-state index contributed by atoms with van der Waals surface area (Å²) in [5.74, 6) is -58.5. The average Bonchev–Trinajstić information content (AvgIpc) is 2.49. The van der Waals surface area contributed by atoms with Crippen LogP contribution in [0.5, 0.6) is 0 Å². The normalized spacial score (nSPS) is 27.2. The topological polar surface area (TPSA) is 37.3 Å². The van der Waals surface area contributed by atoms with Crippen molar-refractivity contribution in [2.45, 2.75) is 47.4 Å². The number of alkyl halides is 16. The Labute approximate surface area is 150 Å². The van der Waals surface area contributed by atoms with Crippen LogP contribution in [0.1, 0.15) is 0 Å². The van der Waals surface area contributed by atoms with Gasteiger partial charge in [-0.05, 0) is 0 Å². The van der Waals surface area contributed by atoms with Crippen molar-refractivity contribution < 1.29 is 84.5 Å². The molecule has 0 aromatic heterocycles. The van der Waals surface area contributed by atoms with Crippen molar-refractivity contribution in [2.75, 3.05) is 0 Å². The van der Waals surface area contributed by atoms with Gasteiger partial charge in [0, 0.05) is 0 Å². The van der Waals surface area contributed by atoms with E-state index >= 15 is 0 Å². The van der Waals surface area contributed by atoms with Gasteiger partial charge in [-0.25, -0.2) is 13.6 Å². The van der Waals surface area contributed by atoms with Crippen LogP contribution in [0.15, 0.2) is 11.4 Å². The van der Waals surface area contributed by atoms with Crippen LogP contribution in [0.4, 0.5) is 74.6 Å². The van der Waals surface area contributed by atoms with Crippen LogP contribution in [0.2, 0.25) is 0 Å². The quantitative estimate of drug-likeness (QED) is 0.428. The van der Waals surface area contributed by atoms with Gasteiger partial charge in [-0.2, -0.15) is 65.9 Å². The molecule has 1 fully saturated rings. The van der Waals surface area contributed by atoms with Crippen LogP contribution in [0.3, 0.4) is 0 Å². The maximum absolute atomic E-state index is 14.1. The zero-order valence-corrected chi connectivity index (χ0v) is 12.8. The maximum atomic E-state index is 14.1. The second-order valence-electron chi connectivity index (χ2n) is 5.60. The Morgan fingerprint density at radius 2 is 0.867 bits per heavy atom. The highest BCUT2D eigenvalue weighted by atomic mass is 19.4. The maximum Gasteiger partial charge on any atom is 0.426 e. The molecule has 0 atom stereocenters. The molecule has 0 aliphatic heterocycles. The number of carboxylic acid groups (broad SMARTS) is 1. The number of carbonyl (C=O) groups is 1. The van der Waals surface area contributed by atoms with E-state index in [4.69, 9.17) is 5.11 Å². The molecule has 1 aliphatic rings. The summed E-state index contributed by atoms with van der Waals surface area (Å²) in [6.45, 7) is 0. The van der Waals surface area contributed by atoms with Gasteiger partial charge in [-0.1, -0.05) is 0 Å². The molecule has 0 aromatic rings. The van der Waals surface area contributed by atoms with Crippen molar-refractivity contribution in [3.8, 4) is 0 Å². The van der Waals surface area contributed by atoms with Crippen LogP contribution < -0.4 is 0 Å². The van der Waals surface area contributed by atoms with Gasteiger partial charge in [-0.3, -0.25) is 0 Å². The van der Waals surface area contributed by atoms with E-state index in [-0.39, 0.29) is 0 Å². The Balaban J connectivity index is 4.20. The summed E-state index contributed by atoms with van der Waals surface area (Å²) in [6, 6.07) is 0. The molecule has 1 rings (SSSR count). The average molecular weight is 488 g/mol. The molecule has 1 saturated carbocycles. The highest BCUT2D eigenvalue weighted by Crippen LogP contribution is 2.73. The van der Waals surface area contributed by atoms with E-state index in [1.54, 1.807) is 0 Å². The molecule has 0 saturated heterocycles. The number of aliphatic carboxylic acids is 1. The number of carboxylic acids is 1. The summed E-state index contributed by atoms with van der Waals surface area (Å²) in [7, 11) is 0. The molecule has 0 aromatic carbocycles. The van der Waals surface area contributed by atoms with E-state index < -0.39 is 64.7 Å². The van der Waals surface area contributed by atoms with Gasteiger partial charge in [0.1, 0.15) is 0 Å². The fourth-order valence-electron chi connectivity index (χ4n) is 2.26. The van der Waals surface area contributed by atoms with Crippen molar-refractivity contribution in [1.29, 1.82) is 0 Å². The zero-order chi connectivity index (χ0) is 24.7. The lowest BCUT2D eigenvalue weighted by Gasteiger charge is -2.53. The van der Waals surface area contributed by atoms with Gasteiger partial charge in [-0.15, -0.1) is 0 Å². The SMILES string of the molecule is O=C(O)C(=C(F)C(F)(F)C1(F)C(F)(F)C(F)(F)C(F)(F)C(F)(F)C1(F)F)C(F)(F)F. The summed E-state index contributed by atoms with van der Waals surface area (Å²) >= 11 is 0. The lowest BCUT2D eigenvalue weighted by Crippen LogP contribution is -2.87. The molecular formula is C11HF17O2. The van der Waals surface area contributed by atoms with Crippen LogP contribution in [0.25, 0.3) is 0 Å². The number of hydrogen-bond donors (Lipinski definition) is 1. The first-order valence-electron chi connectivity index (χ1n) is 6.39. The summed E-state index contributed by atoms with van der Waals surface area (Å²) in [6.07, 6.45) is -6.95. The molecule has 0 spiro atoms. The Morgan fingerprint density at radius 3 is 1.10 bits per heavy atom. The van der Waals surface area contributed by atoms with Crippen LogP contribution in [0, 0.1) is 0 Å². The second kappa shape index (κ2) is 6.04. The van der Waals surface area contributed by atoms with Crippen LogP contribution >= 0.6 is 0 Å². The molecule has 1 aliphatic carbocycles. The molecule has 0 radical (unpaired) electrons. The number of allylic oxidation sites excluding steroid dienone is 1. The third-order valence-electron chi connectivity index (χ3n) is 3.87. The molecule has 176 valence electrons. The third kappa shape index (κ3) is 2.48. The smallest absolute Gasteiger partial charge is 0.426 e. The van der Waals surface area contributed by atoms with Gasteiger partial charge in [0.15, 0.2) is 11.4 Å². The number of rotatable bonds is 3. The van der Waals surface area contributed by atoms with Crippen LogP contribution in [-0.4, -0.2) is 58.5 Å². The summed E-state index contributed by atoms with van der Waals surface area (Å²) in [5.41, 5.74) is -13.0. The monoisotopic (exact) mass is 488 g/mol. The largest absolute Gasteiger partial charge is 0.478 e. The number of halogens is 17. The fourth-order valence-corrected chi connectivity index (χ4v) is 2.26. The first kappa shape index (κ1) is 26.1. The van der Waals surface area contributed by atoms with Crippen molar-refractivity contribution in [2.24, 2.45) is 0 Å². The van der Waals surface area contributed by atoms with Gasteiger partial charge in [0.25, 0.3) is 0 Å². The first-order chi connectivity index (χ1) is 12.7. The molecule has 2 nitrogen and oxygen atoms in total. The van der Waals surface area contributed by atoms with Gasteiger partial charge in [0.2, 0.25) is 0 Å². The van der Waals surface area contributed by atoms with Crippen molar-refractivity contribution in [3.63, 3.8) is 0 Å². The van der Waals surface area contributed by atoms with E-state index in [0.717, 1.165) is 0 Å². The van der Waals surface area contributed by atoms with E-state index in [1.807, 2.05) is 0 Å². The Bertz CT molecular complexity index is 743. The van der Waals surface area contributed by atoms with Crippen LogP contribution in [-0.2, 0) is 4.79 Å². The molecule has 0 unspecified atom stereocenters. The predicted octanol–water partition coefficient (Wildman–Crippen LogP) is 5.39. The first-order valence-corrected chi connectivity index (χ1v) is 6.39. The van der Waals surface area contributed by atoms with E-state index in [1.165, 1.54) is 0 Å². The third-order valence-corrected chi connectivity index (χ3v) is 3.87. The molecule has 0 amide bonds. The zero-order valence-electron chi connectivity index (χ0n) is 12.8. The van der Waals surface area contributed by atoms with Gasteiger partial charge in [0.05, 0.1) is 0 Å². The molecular weight excluding hydrogens is 487 g/mol. The van der Waals surface area contributed by atoms with E-state index in [0.29, 0.717) is 0 Å². The standard InChI is InChI=1S/C11HF17O2/c12-2(1(3(29)30)5(15,16)17)4(13,14)6(18)7(19,20)9(23,24)11(27,28)10(25,26)8(6,21)22/h(H,29,30). The van der Waals surface area contributed by atoms with Crippen molar-refractivity contribution in [3.05, 3.63) is 11.4 Å². The summed E-state index contributed by atoms with van der Waals surface area (Å²) in [5, 5.41) is 8.01. The van der Waals surface area contributed by atoms with E-state index in [2.05, 4.69) is 0 Å². The Kier molecular flexibility index (Phi) is 5.25. The van der Waals surface area contributed by atoms with Gasteiger partial charge >= 0.3 is 53.3 Å². The van der Waals surface area contributed by atoms with Crippen molar-refractivity contribution in [1.82, 2.24) is 0 Å². The minimum absolute atomic E-state index is 3.95. The Hall–Kier alpha value is -1.98. The van der Waals surface area contributed by atoms with Crippen molar-refractivity contribution >= 4 is 5.97 Å². The molecule has 19 heteroatoms. The summed E-state index contributed by atoms with van der Waals surface area (Å²) in [4.78, 5) is 10.2.